The highest BCUT2D eigenvalue weighted by Crippen LogP contribution is 2.36. The summed E-state index contributed by atoms with van der Waals surface area (Å²) in [4.78, 5) is 14.8. The fraction of sp³-hybridized carbons (Fsp3) is 0.267. The van der Waals surface area contributed by atoms with E-state index in [1.54, 1.807) is 24.5 Å². The lowest BCUT2D eigenvalue weighted by molar-refractivity contribution is -0.139. The molecule has 1 aromatic heterocycles. The molecule has 1 heterocycles. The highest BCUT2D eigenvalue weighted by Gasteiger charge is 2.13. The maximum Gasteiger partial charge on any atom is 0.341 e. The van der Waals surface area contributed by atoms with Crippen molar-refractivity contribution in [2.45, 2.75) is 13.8 Å². The molecule has 128 valence electrons. The number of ether oxygens (including phenoxy) is 2. The number of carbonyl (C=O) groups is 1. The van der Waals surface area contributed by atoms with Crippen LogP contribution in [-0.4, -0.2) is 40.2 Å². The van der Waals surface area contributed by atoms with Crippen molar-refractivity contribution in [1.82, 2.24) is 9.66 Å². The van der Waals surface area contributed by atoms with E-state index in [9.17, 15) is 4.79 Å². The third-order valence-electron chi connectivity index (χ3n) is 2.84. The van der Waals surface area contributed by atoms with Crippen LogP contribution in [0.25, 0.3) is 0 Å². The molecule has 0 atom stereocenters. The van der Waals surface area contributed by atoms with Crippen molar-refractivity contribution in [3.63, 3.8) is 0 Å². The summed E-state index contributed by atoms with van der Waals surface area (Å²) in [6, 6.07) is 3.44. The van der Waals surface area contributed by atoms with Crippen molar-refractivity contribution in [3.8, 4) is 11.5 Å². The fourth-order valence-corrected chi connectivity index (χ4v) is 2.50. The number of rotatable bonds is 7. The van der Waals surface area contributed by atoms with Crippen LogP contribution in [0.5, 0.6) is 11.5 Å². The van der Waals surface area contributed by atoms with Crippen LogP contribution in [-0.2, 0) is 4.79 Å². The van der Waals surface area contributed by atoms with E-state index in [0.717, 1.165) is 11.3 Å². The number of aromatic nitrogens is 2. The van der Waals surface area contributed by atoms with Crippen LogP contribution in [0.1, 0.15) is 18.2 Å². The number of nitrogen functional groups attached to an aromatic ring is 1. The second-order valence-electron chi connectivity index (χ2n) is 4.78. The van der Waals surface area contributed by atoms with Gasteiger partial charge in [-0.2, -0.15) is 5.10 Å². The number of imidazole rings is 1. The van der Waals surface area contributed by atoms with E-state index in [-0.39, 0.29) is 5.95 Å². The third kappa shape index (κ3) is 4.48. The zero-order valence-electron chi connectivity index (χ0n) is 13.2. The van der Waals surface area contributed by atoms with Crippen molar-refractivity contribution in [2.75, 3.05) is 18.9 Å². The Labute approximate surface area is 147 Å². The van der Waals surface area contributed by atoms with Gasteiger partial charge in [-0.15, -0.1) is 0 Å². The molecule has 0 aliphatic rings. The SMILES string of the molecule is CCOc1cc(C=Nn2cc(C)nc2N)cc(Br)c1OCC(=O)O. The summed E-state index contributed by atoms with van der Waals surface area (Å²) in [5.74, 6) is -0.0334. The lowest BCUT2D eigenvalue weighted by atomic mass is 10.2. The molecular weight excluding hydrogens is 380 g/mol. The summed E-state index contributed by atoms with van der Waals surface area (Å²) >= 11 is 3.36. The average molecular weight is 397 g/mol. The van der Waals surface area contributed by atoms with Crippen molar-refractivity contribution in [3.05, 3.63) is 34.1 Å². The van der Waals surface area contributed by atoms with Gasteiger partial charge in [0.1, 0.15) is 0 Å². The van der Waals surface area contributed by atoms with Crippen LogP contribution in [0, 0.1) is 6.92 Å². The van der Waals surface area contributed by atoms with Gasteiger partial charge in [0, 0.05) is 0 Å². The molecule has 8 nitrogen and oxygen atoms in total. The zero-order chi connectivity index (χ0) is 17.7. The summed E-state index contributed by atoms with van der Waals surface area (Å²) in [7, 11) is 0. The monoisotopic (exact) mass is 396 g/mol. The minimum absolute atomic E-state index is 0.286. The first-order valence-corrected chi connectivity index (χ1v) is 7.86. The van der Waals surface area contributed by atoms with E-state index < -0.39 is 12.6 Å². The van der Waals surface area contributed by atoms with Gasteiger partial charge < -0.3 is 20.3 Å². The number of carboxylic acid groups (broad SMARTS) is 1. The van der Waals surface area contributed by atoms with Crippen LogP contribution in [0.3, 0.4) is 0 Å². The number of anilines is 1. The molecule has 0 unspecified atom stereocenters. The summed E-state index contributed by atoms with van der Waals surface area (Å²) in [6.07, 6.45) is 3.29. The third-order valence-corrected chi connectivity index (χ3v) is 3.43. The average Bonchev–Trinajstić information content (AvgIpc) is 2.82. The van der Waals surface area contributed by atoms with Gasteiger partial charge in [-0.3, -0.25) is 0 Å². The van der Waals surface area contributed by atoms with Gasteiger partial charge in [0.05, 0.1) is 29.2 Å². The molecule has 0 bridgehead atoms. The largest absolute Gasteiger partial charge is 0.490 e. The molecule has 0 spiro atoms. The number of aliphatic carboxylic acids is 1. The molecule has 0 aliphatic heterocycles. The molecule has 3 N–H and O–H groups in total. The van der Waals surface area contributed by atoms with E-state index in [4.69, 9.17) is 20.3 Å². The summed E-state index contributed by atoms with van der Waals surface area (Å²) < 4.78 is 12.8. The van der Waals surface area contributed by atoms with Crippen molar-refractivity contribution in [2.24, 2.45) is 5.10 Å². The molecule has 1 aromatic carbocycles. The van der Waals surface area contributed by atoms with Gasteiger partial charge in [0.2, 0.25) is 5.95 Å². The molecule has 0 aliphatic carbocycles. The Hall–Kier alpha value is -2.55. The number of hydrogen-bond donors (Lipinski definition) is 2. The van der Waals surface area contributed by atoms with E-state index in [1.165, 1.54) is 4.68 Å². The number of aryl methyl sites for hydroxylation is 1. The smallest absolute Gasteiger partial charge is 0.341 e. The molecule has 0 amide bonds. The van der Waals surface area contributed by atoms with Crippen LogP contribution in [0.2, 0.25) is 0 Å². The molecule has 0 fully saturated rings. The highest BCUT2D eigenvalue weighted by molar-refractivity contribution is 9.10. The van der Waals surface area contributed by atoms with E-state index in [0.29, 0.717) is 22.6 Å². The Morgan fingerprint density at radius 2 is 2.25 bits per heavy atom. The molecular formula is C15H17BrN4O4. The molecule has 2 rings (SSSR count). The molecule has 2 aromatic rings. The van der Waals surface area contributed by atoms with Gasteiger partial charge in [-0.05, 0) is 47.5 Å². The Morgan fingerprint density at radius 1 is 1.50 bits per heavy atom. The minimum Gasteiger partial charge on any atom is -0.490 e. The highest BCUT2D eigenvalue weighted by atomic mass is 79.9. The molecule has 9 heteroatoms. The minimum atomic E-state index is -1.07. The number of benzene rings is 1. The number of hydrogen-bond acceptors (Lipinski definition) is 6. The molecule has 0 saturated heterocycles. The van der Waals surface area contributed by atoms with Crippen molar-refractivity contribution < 1.29 is 19.4 Å². The van der Waals surface area contributed by atoms with E-state index in [1.807, 2.05) is 13.8 Å². The predicted octanol–water partition coefficient (Wildman–Crippen LogP) is 2.28. The topological polar surface area (TPSA) is 112 Å². The van der Waals surface area contributed by atoms with Crippen molar-refractivity contribution >= 4 is 34.1 Å². The fourth-order valence-electron chi connectivity index (χ4n) is 1.92. The van der Waals surface area contributed by atoms with Crippen LogP contribution < -0.4 is 15.2 Å². The zero-order valence-corrected chi connectivity index (χ0v) is 14.8. The quantitative estimate of drug-likeness (QED) is 0.694. The predicted molar refractivity (Wildman–Crippen MR) is 92.8 cm³/mol. The Balaban J connectivity index is 2.31. The second kappa shape index (κ2) is 7.82. The summed E-state index contributed by atoms with van der Waals surface area (Å²) in [5.41, 5.74) is 7.22. The molecule has 0 radical (unpaired) electrons. The molecule has 0 saturated carbocycles. The van der Waals surface area contributed by atoms with E-state index in [2.05, 4.69) is 26.0 Å². The maximum absolute atomic E-state index is 10.7. The lowest BCUT2D eigenvalue weighted by Crippen LogP contribution is -2.11. The van der Waals surface area contributed by atoms with Gasteiger partial charge in [-0.25, -0.2) is 14.5 Å². The van der Waals surface area contributed by atoms with Gasteiger partial charge in [0.15, 0.2) is 18.1 Å². The maximum atomic E-state index is 10.7. The Morgan fingerprint density at radius 3 is 2.83 bits per heavy atom. The standard InChI is InChI=1S/C15H17BrN4O4/c1-3-23-12-5-10(4-11(16)14(12)24-8-13(21)22)6-18-20-7-9(2)19-15(20)17/h4-7H,3,8H2,1-2H3,(H2,17,19)(H,21,22). The number of nitrogens with two attached hydrogens (primary N) is 1. The lowest BCUT2D eigenvalue weighted by Gasteiger charge is -2.13. The number of halogens is 1. The second-order valence-corrected chi connectivity index (χ2v) is 5.63. The Kier molecular flexibility index (Phi) is 5.80. The first-order valence-electron chi connectivity index (χ1n) is 7.07. The van der Waals surface area contributed by atoms with Crippen LogP contribution in [0.15, 0.2) is 27.9 Å². The Bertz CT molecular complexity index is 773. The first kappa shape index (κ1) is 17.8. The van der Waals surface area contributed by atoms with Crippen LogP contribution >= 0.6 is 15.9 Å². The van der Waals surface area contributed by atoms with Crippen LogP contribution in [0.4, 0.5) is 5.95 Å². The summed E-state index contributed by atoms with van der Waals surface area (Å²) in [5, 5.41) is 13.0. The van der Waals surface area contributed by atoms with Gasteiger partial charge in [0.25, 0.3) is 0 Å². The molecule has 24 heavy (non-hydrogen) atoms. The first-order chi connectivity index (χ1) is 11.4. The van der Waals surface area contributed by atoms with Gasteiger partial charge in [-0.1, -0.05) is 0 Å². The number of carboxylic acids is 1. The number of nitrogens with zero attached hydrogens (tertiary/aromatic N) is 3. The van der Waals surface area contributed by atoms with Crippen molar-refractivity contribution in [1.29, 1.82) is 0 Å². The normalized spacial score (nSPS) is 11.0. The van der Waals surface area contributed by atoms with Gasteiger partial charge >= 0.3 is 5.97 Å². The van der Waals surface area contributed by atoms with E-state index >= 15 is 0 Å². The summed E-state index contributed by atoms with van der Waals surface area (Å²) in [6.45, 7) is 3.59.